The Balaban J connectivity index is 0.000000132. The summed E-state index contributed by atoms with van der Waals surface area (Å²) in [7, 11) is 0. The maximum Gasteiger partial charge on any atom is 0.253 e. The number of aliphatic hydroxyl groups is 1. The molecule has 7 atom stereocenters. The summed E-state index contributed by atoms with van der Waals surface area (Å²) in [6.45, 7) is 9.09. The molecule has 0 radical (unpaired) electrons. The molecule has 10 rings (SSSR count). The number of piperazine rings is 2. The number of nitrogens with one attached hydrogen (secondary N) is 2. The van der Waals surface area contributed by atoms with Crippen molar-refractivity contribution < 1.29 is 29.1 Å². The van der Waals surface area contributed by atoms with Gasteiger partial charge in [0.1, 0.15) is 22.2 Å². The van der Waals surface area contributed by atoms with Gasteiger partial charge < -0.3 is 25.5 Å². The minimum absolute atomic E-state index is 0.0114. The molecule has 8 fully saturated rings. The molecule has 4 bridgehead atoms. The first-order chi connectivity index (χ1) is 18.7. The molecule has 40 heavy (non-hydrogen) atoms. The van der Waals surface area contributed by atoms with Gasteiger partial charge in [-0.15, -0.1) is 0 Å². The Morgan fingerprint density at radius 2 is 1.27 bits per heavy atom. The van der Waals surface area contributed by atoms with Crippen LogP contribution in [0.25, 0.3) is 0 Å². The second-order valence-electron chi connectivity index (χ2n) is 14.4. The van der Waals surface area contributed by atoms with E-state index in [0.717, 1.165) is 19.3 Å². The van der Waals surface area contributed by atoms with Crippen LogP contribution in [-0.4, -0.2) is 85.7 Å². The van der Waals surface area contributed by atoms with Crippen molar-refractivity contribution in [2.75, 3.05) is 13.1 Å². The van der Waals surface area contributed by atoms with Crippen molar-refractivity contribution in [2.45, 2.75) is 94.5 Å². The molecular weight excluding hydrogens is 512 g/mol. The van der Waals surface area contributed by atoms with Crippen LogP contribution in [0.15, 0.2) is 24.3 Å². The summed E-state index contributed by atoms with van der Waals surface area (Å²) in [5, 5.41) is 16.2. The predicted molar refractivity (Wildman–Crippen MR) is 142 cm³/mol. The Kier molecular flexibility index (Phi) is 4.82. The second kappa shape index (κ2) is 7.43. The molecule has 0 aromatic heterocycles. The number of fused-ring (bicyclic) bond motifs is 2. The van der Waals surface area contributed by atoms with Gasteiger partial charge >= 0.3 is 0 Å². The minimum atomic E-state index is -0.999. The molecule has 4 amide bonds. The van der Waals surface area contributed by atoms with Crippen molar-refractivity contribution in [1.29, 1.82) is 0 Å². The van der Waals surface area contributed by atoms with Crippen molar-refractivity contribution >= 4 is 29.4 Å². The lowest BCUT2D eigenvalue weighted by Gasteiger charge is -2.63. The number of amides is 4. The van der Waals surface area contributed by atoms with Crippen LogP contribution in [0.5, 0.6) is 0 Å². The van der Waals surface area contributed by atoms with E-state index in [4.69, 9.17) is 0 Å². The van der Waals surface area contributed by atoms with Crippen LogP contribution in [-0.2, 0) is 24.0 Å². The van der Waals surface area contributed by atoms with E-state index >= 15 is 0 Å². The first kappa shape index (κ1) is 25.9. The number of ketones is 1. The second-order valence-corrected chi connectivity index (χ2v) is 14.4. The van der Waals surface area contributed by atoms with Gasteiger partial charge in [-0.05, 0) is 50.7 Å². The molecule has 0 saturated carbocycles. The van der Waals surface area contributed by atoms with Gasteiger partial charge in [0, 0.05) is 35.8 Å². The van der Waals surface area contributed by atoms with Gasteiger partial charge in [-0.25, -0.2) is 0 Å². The molecule has 8 heterocycles. The highest BCUT2D eigenvalue weighted by Gasteiger charge is 2.73. The zero-order valence-corrected chi connectivity index (χ0v) is 23.6. The highest BCUT2D eigenvalue weighted by Crippen LogP contribution is 2.58. The van der Waals surface area contributed by atoms with Gasteiger partial charge in [0.25, 0.3) is 11.8 Å². The fourth-order valence-electron chi connectivity index (χ4n) is 9.49. The van der Waals surface area contributed by atoms with Gasteiger partial charge in [0.2, 0.25) is 11.8 Å². The lowest BCUT2D eigenvalue weighted by atomic mass is 9.53. The number of carbonyl (C=O) groups is 5. The van der Waals surface area contributed by atoms with Crippen molar-refractivity contribution in [2.24, 2.45) is 22.7 Å². The summed E-state index contributed by atoms with van der Waals surface area (Å²) in [6.07, 6.45) is 10.4. The first-order valence-electron chi connectivity index (χ1n) is 14.6. The number of hydrogen-bond donors (Lipinski definition) is 3. The summed E-state index contributed by atoms with van der Waals surface area (Å²) in [4.78, 5) is 66.7. The molecule has 5 unspecified atom stereocenters. The third kappa shape index (κ3) is 2.67. The number of allylic oxidation sites excluding steroid dienone is 1. The van der Waals surface area contributed by atoms with Crippen LogP contribution in [0.2, 0.25) is 0 Å². The lowest BCUT2D eigenvalue weighted by Crippen LogP contribution is -2.83. The molecule has 10 heteroatoms. The average Bonchev–Trinajstić information content (AvgIpc) is 3.54. The largest absolute Gasteiger partial charge is 0.388 e. The Morgan fingerprint density at radius 3 is 1.82 bits per heavy atom. The number of aliphatic hydroxyl groups excluding tert-OH is 1. The van der Waals surface area contributed by atoms with Crippen LogP contribution >= 0.6 is 0 Å². The smallest absolute Gasteiger partial charge is 0.253 e. The van der Waals surface area contributed by atoms with Crippen LogP contribution in [0, 0.1) is 22.7 Å². The van der Waals surface area contributed by atoms with Gasteiger partial charge in [-0.3, -0.25) is 24.0 Å². The number of carbonyl (C=O) groups excluding carboxylic acids is 5. The van der Waals surface area contributed by atoms with Crippen molar-refractivity contribution in [3.05, 3.63) is 24.3 Å². The van der Waals surface area contributed by atoms with Crippen LogP contribution in [0.3, 0.4) is 0 Å². The molecule has 0 aromatic rings. The minimum Gasteiger partial charge on any atom is -0.388 e. The Morgan fingerprint density at radius 1 is 0.775 bits per heavy atom. The third-order valence-electron chi connectivity index (χ3n) is 12.1. The lowest BCUT2D eigenvalue weighted by molar-refractivity contribution is -0.180. The zero-order valence-electron chi connectivity index (χ0n) is 23.6. The summed E-state index contributed by atoms with van der Waals surface area (Å²) < 4.78 is 0. The number of piperidine rings is 4. The molecular formula is C30H38N4O6. The normalized spacial score (nSPS) is 46.2. The maximum absolute atomic E-state index is 12.9. The Labute approximate surface area is 233 Å². The highest BCUT2D eigenvalue weighted by atomic mass is 16.3. The number of hydrogen-bond acceptors (Lipinski definition) is 6. The fraction of sp³-hybridized carbons (Fsp3) is 0.700. The quantitative estimate of drug-likeness (QED) is 0.378. The highest BCUT2D eigenvalue weighted by molar-refractivity contribution is 6.10. The molecule has 10 aliphatic rings. The monoisotopic (exact) mass is 550 g/mol. The average molecular weight is 551 g/mol. The van der Waals surface area contributed by atoms with E-state index in [-0.39, 0.29) is 41.2 Å². The van der Waals surface area contributed by atoms with E-state index in [1.165, 1.54) is 6.08 Å². The summed E-state index contributed by atoms with van der Waals surface area (Å²) in [5.41, 5.74) is -4.33. The summed E-state index contributed by atoms with van der Waals surface area (Å²) in [5.74, 6) is -0.210. The molecule has 3 N–H and O–H groups in total. The molecule has 4 spiro atoms. The van der Waals surface area contributed by atoms with Gasteiger partial charge in [0.15, 0.2) is 5.78 Å². The topological polar surface area (TPSA) is 136 Å². The van der Waals surface area contributed by atoms with Crippen molar-refractivity contribution in [1.82, 2.24) is 20.4 Å². The Bertz CT molecular complexity index is 1350. The van der Waals surface area contributed by atoms with Crippen LogP contribution in [0.4, 0.5) is 0 Å². The van der Waals surface area contributed by atoms with Gasteiger partial charge in [-0.2, -0.15) is 0 Å². The van der Waals surface area contributed by atoms with Crippen molar-refractivity contribution in [3.8, 4) is 0 Å². The maximum atomic E-state index is 12.9. The number of nitrogens with zero attached hydrogens (tertiary/aromatic N) is 2. The predicted octanol–water partition coefficient (Wildman–Crippen LogP) is 0.594. The SMILES string of the molecule is CC1(C)C(=O)C=C[C@]23NC(=O)C4(CCCN4C2=O)CC13.CC1(C)C(O)C=C[C@]23NC(=O)C4(CCCN4C2=O)CC13. The van der Waals surface area contributed by atoms with E-state index < -0.39 is 39.1 Å². The molecule has 2 aliphatic carbocycles. The van der Waals surface area contributed by atoms with Gasteiger partial charge in [0.05, 0.1) is 6.10 Å². The third-order valence-corrected chi connectivity index (χ3v) is 12.1. The molecule has 8 saturated heterocycles. The van der Waals surface area contributed by atoms with Crippen molar-refractivity contribution in [3.63, 3.8) is 0 Å². The molecule has 214 valence electrons. The molecule has 8 aliphatic heterocycles. The Hall–Kier alpha value is -3.01. The summed E-state index contributed by atoms with van der Waals surface area (Å²) in [6, 6.07) is 0. The fourth-order valence-corrected chi connectivity index (χ4v) is 9.49. The van der Waals surface area contributed by atoms with Crippen LogP contribution < -0.4 is 10.6 Å². The van der Waals surface area contributed by atoms with E-state index in [0.29, 0.717) is 32.4 Å². The van der Waals surface area contributed by atoms with E-state index in [9.17, 15) is 29.1 Å². The van der Waals surface area contributed by atoms with E-state index in [2.05, 4.69) is 10.6 Å². The number of rotatable bonds is 0. The molecule has 10 nitrogen and oxygen atoms in total. The standard InChI is InChI=1S/C15H20N2O3.C15H18N2O3/c2*1-13(2)9-8-14-5-3-7-17(14)12(20)15(9,16-11(14)19)6-4-10(13)18/h4,6,9-10,18H,3,5,7-8H2,1-2H3,(H,16,19);4,6,9H,3,5,7-8H2,1-2H3,(H,16,19)/t9?,10?,14?,15-;9?,14?,15-/m11/s1. The zero-order chi connectivity index (χ0) is 28.7. The first-order valence-corrected chi connectivity index (χ1v) is 14.6. The van der Waals surface area contributed by atoms with E-state index in [1.807, 2.05) is 27.7 Å². The van der Waals surface area contributed by atoms with Crippen LogP contribution in [0.1, 0.15) is 66.2 Å². The van der Waals surface area contributed by atoms with Gasteiger partial charge in [-0.1, -0.05) is 39.8 Å². The van der Waals surface area contributed by atoms with E-state index in [1.54, 1.807) is 28.0 Å². The summed E-state index contributed by atoms with van der Waals surface area (Å²) >= 11 is 0. The molecule has 0 aromatic carbocycles.